The Morgan fingerprint density at radius 3 is 2.56 bits per heavy atom. The first-order valence-electron chi connectivity index (χ1n) is 8.85. The number of fused-ring (bicyclic) bond motifs is 1. The van der Waals surface area contributed by atoms with Gasteiger partial charge in [0.2, 0.25) is 0 Å². The average molecular weight is 339 g/mol. The molecule has 3 rings (SSSR count). The standard InChI is InChI=1S/C21H25NO3/c1-15(25-20-11-8-17-4-3-5-18(17)14-20)21(23)22-13-12-16-6-9-19(24-2)10-7-16/h6-11,14-15H,3-5,12-13H2,1-2H3,(H,22,23). The number of carbonyl (C=O) groups excluding carboxylic acids is 1. The minimum absolute atomic E-state index is 0.0889. The summed E-state index contributed by atoms with van der Waals surface area (Å²) in [5.41, 5.74) is 3.92. The second-order valence-electron chi connectivity index (χ2n) is 6.43. The predicted molar refractivity (Wildman–Crippen MR) is 98.3 cm³/mol. The molecule has 0 aromatic heterocycles. The summed E-state index contributed by atoms with van der Waals surface area (Å²) in [4.78, 5) is 12.2. The number of rotatable bonds is 7. The van der Waals surface area contributed by atoms with Crippen LogP contribution in [0.1, 0.15) is 30.0 Å². The zero-order valence-corrected chi connectivity index (χ0v) is 14.9. The maximum absolute atomic E-state index is 12.2. The van der Waals surface area contributed by atoms with Gasteiger partial charge in [-0.25, -0.2) is 0 Å². The van der Waals surface area contributed by atoms with E-state index in [-0.39, 0.29) is 5.91 Å². The highest BCUT2D eigenvalue weighted by Crippen LogP contribution is 2.26. The molecule has 0 heterocycles. The summed E-state index contributed by atoms with van der Waals surface area (Å²) in [7, 11) is 1.65. The van der Waals surface area contributed by atoms with Gasteiger partial charge in [0.25, 0.3) is 5.91 Å². The van der Waals surface area contributed by atoms with Crippen molar-refractivity contribution in [1.29, 1.82) is 0 Å². The minimum Gasteiger partial charge on any atom is -0.497 e. The number of hydrogen-bond donors (Lipinski definition) is 1. The molecular formula is C21H25NO3. The van der Waals surface area contributed by atoms with Crippen LogP contribution in [0.25, 0.3) is 0 Å². The van der Waals surface area contributed by atoms with E-state index in [0.29, 0.717) is 6.54 Å². The number of ether oxygens (including phenoxy) is 2. The fraction of sp³-hybridized carbons (Fsp3) is 0.381. The lowest BCUT2D eigenvalue weighted by Crippen LogP contribution is -2.37. The van der Waals surface area contributed by atoms with Crippen LogP contribution in [0.3, 0.4) is 0 Å². The van der Waals surface area contributed by atoms with E-state index in [1.807, 2.05) is 30.3 Å². The Balaban J connectivity index is 1.45. The molecule has 1 amide bonds. The molecular weight excluding hydrogens is 314 g/mol. The van der Waals surface area contributed by atoms with Crippen LogP contribution < -0.4 is 14.8 Å². The molecule has 0 aliphatic heterocycles. The first-order valence-corrected chi connectivity index (χ1v) is 8.85. The molecule has 1 aliphatic carbocycles. The van der Waals surface area contributed by atoms with Crippen molar-refractivity contribution in [2.45, 2.75) is 38.7 Å². The van der Waals surface area contributed by atoms with Crippen LogP contribution in [0.4, 0.5) is 0 Å². The maximum Gasteiger partial charge on any atom is 0.260 e. The second-order valence-corrected chi connectivity index (χ2v) is 6.43. The third-order valence-electron chi connectivity index (χ3n) is 4.62. The molecule has 0 spiro atoms. The Morgan fingerprint density at radius 2 is 1.80 bits per heavy atom. The van der Waals surface area contributed by atoms with E-state index in [9.17, 15) is 4.79 Å². The molecule has 4 heteroatoms. The lowest BCUT2D eigenvalue weighted by atomic mass is 10.1. The molecule has 25 heavy (non-hydrogen) atoms. The van der Waals surface area contributed by atoms with Crippen molar-refractivity contribution >= 4 is 5.91 Å². The number of nitrogens with one attached hydrogen (secondary N) is 1. The summed E-state index contributed by atoms with van der Waals surface area (Å²) in [5.74, 6) is 1.52. The molecule has 1 atom stereocenters. The first-order chi connectivity index (χ1) is 12.2. The van der Waals surface area contributed by atoms with E-state index in [1.165, 1.54) is 17.5 Å². The minimum atomic E-state index is -0.504. The largest absolute Gasteiger partial charge is 0.497 e. The van der Waals surface area contributed by atoms with Crippen LogP contribution in [-0.4, -0.2) is 25.7 Å². The Morgan fingerprint density at radius 1 is 1.08 bits per heavy atom. The Bertz CT molecular complexity index is 724. The molecule has 1 aliphatic rings. The molecule has 1 unspecified atom stereocenters. The van der Waals surface area contributed by atoms with Gasteiger partial charge in [-0.3, -0.25) is 4.79 Å². The summed E-state index contributed by atoms with van der Waals surface area (Å²) in [6.45, 7) is 2.37. The highest BCUT2D eigenvalue weighted by atomic mass is 16.5. The number of hydrogen-bond acceptors (Lipinski definition) is 3. The molecule has 0 saturated heterocycles. The maximum atomic E-state index is 12.2. The Hall–Kier alpha value is -2.49. The zero-order chi connectivity index (χ0) is 17.6. The van der Waals surface area contributed by atoms with E-state index in [0.717, 1.165) is 36.3 Å². The van der Waals surface area contributed by atoms with E-state index < -0.39 is 6.10 Å². The van der Waals surface area contributed by atoms with E-state index >= 15 is 0 Å². The summed E-state index contributed by atoms with van der Waals surface area (Å²) in [6, 6.07) is 14.0. The van der Waals surface area contributed by atoms with Crippen LogP contribution in [0.5, 0.6) is 11.5 Å². The van der Waals surface area contributed by atoms with Crippen molar-refractivity contribution in [3.63, 3.8) is 0 Å². The number of carbonyl (C=O) groups is 1. The van der Waals surface area contributed by atoms with Gasteiger partial charge in [0.1, 0.15) is 11.5 Å². The zero-order valence-electron chi connectivity index (χ0n) is 14.9. The fourth-order valence-corrected chi connectivity index (χ4v) is 3.15. The third-order valence-corrected chi connectivity index (χ3v) is 4.62. The molecule has 0 fully saturated rings. The topological polar surface area (TPSA) is 47.6 Å². The molecule has 0 saturated carbocycles. The molecule has 0 radical (unpaired) electrons. The monoisotopic (exact) mass is 339 g/mol. The predicted octanol–water partition coefficient (Wildman–Crippen LogP) is 3.31. The molecule has 132 valence electrons. The fourth-order valence-electron chi connectivity index (χ4n) is 3.15. The van der Waals surface area contributed by atoms with Gasteiger partial charge in [-0.2, -0.15) is 0 Å². The first kappa shape index (κ1) is 17.3. The van der Waals surface area contributed by atoms with Crippen molar-refractivity contribution in [3.05, 3.63) is 59.2 Å². The van der Waals surface area contributed by atoms with Crippen molar-refractivity contribution in [1.82, 2.24) is 5.32 Å². The van der Waals surface area contributed by atoms with Gasteiger partial charge in [-0.1, -0.05) is 18.2 Å². The lowest BCUT2D eigenvalue weighted by Gasteiger charge is -2.15. The number of methoxy groups -OCH3 is 1. The van der Waals surface area contributed by atoms with Gasteiger partial charge >= 0.3 is 0 Å². The van der Waals surface area contributed by atoms with Crippen molar-refractivity contribution in [2.75, 3.05) is 13.7 Å². The van der Waals surface area contributed by atoms with Gasteiger partial charge in [0, 0.05) is 6.54 Å². The molecule has 1 N–H and O–H groups in total. The SMILES string of the molecule is COc1ccc(CCNC(=O)C(C)Oc2ccc3c(c2)CCC3)cc1. The molecule has 2 aromatic carbocycles. The third kappa shape index (κ3) is 4.53. The van der Waals surface area contributed by atoms with Gasteiger partial charge < -0.3 is 14.8 Å². The summed E-state index contributed by atoms with van der Waals surface area (Å²) in [6.07, 6.45) is 3.74. The van der Waals surface area contributed by atoms with E-state index in [1.54, 1.807) is 14.0 Å². The highest BCUT2D eigenvalue weighted by Gasteiger charge is 2.16. The van der Waals surface area contributed by atoms with Crippen molar-refractivity contribution in [2.24, 2.45) is 0 Å². The van der Waals surface area contributed by atoms with Crippen LogP contribution in [0, 0.1) is 0 Å². The number of amides is 1. The van der Waals surface area contributed by atoms with Crippen molar-refractivity contribution < 1.29 is 14.3 Å². The summed E-state index contributed by atoms with van der Waals surface area (Å²) >= 11 is 0. The van der Waals surface area contributed by atoms with Gasteiger partial charge in [-0.05, 0) is 73.6 Å². The quantitative estimate of drug-likeness (QED) is 0.842. The van der Waals surface area contributed by atoms with Gasteiger partial charge in [0.15, 0.2) is 6.10 Å². The van der Waals surface area contributed by atoms with Crippen LogP contribution in [-0.2, 0) is 24.1 Å². The van der Waals surface area contributed by atoms with E-state index in [2.05, 4.69) is 17.4 Å². The van der Waals surface area contributed by atoms with Gasteiger partial charge in [0.05, 0.1) is 7.11 Å². The van der Waals surface area contributed by atoms with Crippen molar-refractivity contribution in [3.8, 4) is 11.5 Å². The Kier molecular flexibility index (Phi) is 5.59. The summed E-state index contributed by atoms with van der Waals surface area (Å²) < 4.78 is 10.9. The molecule has 0 bridgehead atoms. The smallest absolute Gasteiger partial charge is 0.260 e. The number of benzene rings is 2. The Labute approximate surface area is 149 Å². The highest BCUT2D eigenvalue weighted by molar-refractivity contribution is 5.80. The van der Waals surface area contributed by atoms with Crippen LogP contribution in [0.15, 0.2) is 42.5 Å². The lowest BCUT2D eigenvalue weighted by molar-refractivity contribution is -0.127. The van der Waals surface area contributed by atoms with Crippen LogP contribution in [0.2, 0.25) is 0 Å². The summed E-state index contributed by atoms with van der Waals surface area (Å²) in [5, 5.41) is 2.94. The van der Waals surface area contributed by atoms with E-state index in [4.69, 9.17) is 9.47 Å². The average Bonchev–Trinajstić information content (AvgIpc) is 3.10. The molecule has 4 nitrogen and oxygen atoms in total. The van der Waals surface area contributed by atoms with Crippen LogP contribution >= 0.6 is 0 Å². The van der Waals surface area contributed by atoms with Gasteiger partial charge in [-0.15, -0.1) is 0 Å². The normalized spacial score (nSPS) is 13.8. The second kappa shape index (κ2) is 8.06. The number of aryl methyl sites for hydroxylation is 2. The molecule has 2 aromatic rings.